The first-order valence-electron chi connectivity index (χ1n) is 6.13. The summed E-state index contributed by atoms with van der Waals surface area (Å²) < 4.78 is 10.3. The Balaban J connectivity index is 2.30. The van der Waals surface area contributed by atoms with Crippen LogP contribution in [-0.2, 0) is 9.47 Å². The van der Waals surface area contributed by atoms with Gasteiger partial charge in [0.25, 0.3) is 0 Å². The summed E-state index contributed by atoms with van der Waals surface area (Å²) >= 11 is 0. The molecule has 1 aromatic carbocycles. The number of aromatic amines is 2. The molecule has 1 unspecified atom stereocenters. The van der Waals surface area contributed by atoms with Gasteiger partial charge >= 0.3 is 11.1 Å². The Morgan fingerprint density at radius 1 is 1.05 bits per heavy atom. The number of anilines is 1. The molecule has 0 saturated heterocycles. The summed E-state index contributed by atoms with van der Waals surface area (Å²) in [6, 6.07) is 5.18. The van der Waals surface area contributed by atoms with Crippen LogP contribution in [0.15, 0.2) is 27.8 Å². The van der Waals surface area contributed by atoms with Gasteiger partial charge in [-0.3, -0.25) is 9.59 Å². The van der Waals surface area contributed by atoms with E-state index in [-0.39, 0.29) is 12.3 Å². The molecule has 1 aromatic heterocycles. The summed E-state index contributed by atoms with van der Waals surface area (Å²) in [6.07, 6.45) is -0.389. The molecule has 0 amide bonds. The summed E-state index contributed by atoms with van der Waals surface area (Å²) in [5.41, 5.74) is 0.576. The summed E-state index contributed by atoms with van der Waals surface area (Å²) in [6.45, 7) is 1.91. The molecular formula is C13H17N3O4. The number of nitrogens with one attached hydrogen (secondary N) is 3. The lowest BCUT2D eigenvalue weighted by Gasteiger charge is -2.23. The highest BCUT2D eigenvalue weighted by molar-refractivity contribution is 5.78. The van der Waals surface area contributed by atoms with Crippen LogP contribution in [0.4, 0.5) is 5.69 Å². The van der Waals surface area contributed by atoms with E-state index in [9.17, 15) is 9.59 Å². The molecule has 0 aliphatic heterocycles. The third kappa shape index (κ3) is 2.89. The van der Waals surface area contributed by atoms with E-state index in [1.165, 1.54) is 0 Å². The van der Waals surface area contributed by atoms with Crippen LogP contribution in [0.1, 0.15) is 6.92 Å². The minimum Gasteiger partial charge on any atom is -0.377 e. The third-order valence-electron chi connectivity index (χ3n) is 2.99. The number of fused-ring (bicyclic) bond motifs is 1. The highest BCUT2D eigenvalue weighted by atomic mass is 16.7. The first-order valence-corrected chi connectivity index (χ1v) is 6.13. The number of methoxy groups -OCH3 is 2. The van der Waals surface area contributed by atoms with E-state index in [0.717, 1.165) is 5.69 Å². The number of hydrogen-bond acceptors (Lipinski definition) is 5. The van der Waals surface area contributed by atoms with Crippen molar-refractivity contribution in [3.63, 3.8) is 0 Å². The van der Waals surface area contributed by atoms with Crippen LogP contribution < -0.4 is 16.4 Å². The van der Waals surface area contributed by atoms with Crippen LogP contribution >= 0.6 is 0 Å². The predicted molar refractivity (Wildman–Crippen MR) is 76.1 cm³/mol. The van der Waals surface area contributed by atoms with Crippen molar-refractivity contribution < 1.29 is 9.47 Å². The average molecular weight is 279 g/mol. The molecule has 0 aliphatic carbocycles. The second kappa shape index (κ2) is 5.89. The van der Waals surface area contributed by atoms with Crippen molar-refractivity contribution in [3.8, 4) is 0 Å². The van der Waals surface area contributed by atoms with Crippen LogP contribution in [0.2, 0.25) is 0 Å². The van der Waals surface area contributed by atoms with E-state index in [1.54, 1.807) is 32.4 Å². The molecule has 0 radical (unpaired) electrons. The number of aromatic nitrogens is 2. The molecule has 0 saturated carbocycles. The molecule has 3 N–H and O–H groups in total. The fourth-order valence-corrected chi connectivity index (χ4v) is 2.04. The van der Waals surface area contributed by atoms with Crippen molar-refractivity contribution in [2.75, 3.05) is 19.5 Å². The molecule has 108 valence electrons. The van der Waals surface area contributed by atoms with Crippen molar-refractivity contribution in [1.82, 2.24) is 9.97 Å². The Morgan fingerprint density at radius 3 is 2.25 bits per heavy atom. The van der Waals surface area contributed by atoms with Gasteiger partial charge in [-0.05, 0) is 25.1 Å². The summed E-state index contributed by atoms with van der Waals surface area (Å²) in [4.78, 5) is 27.6. The van der Waals surface area contributed by atoms with Crippen LogP contribution in [0.25, 0.3) is 11.0 Å². The highest BCUT2D eigenvalue weighted by Gasteiger charge is 2.15. The maximum atomic E-state index is 11.3. The van der Waals surface area contributed by atoms with Crippen molar-refractivity contribution in [2.45, 2.75) is 19.3 Å². The fourth-order valence-electron chi connectivity index (χ4n) is 2.04. The lowest BCUT2D eigenvalue weighted by molar-refractivity contribution is -0.109. The largest absolute Gasteiger partial charge is 0.377 e. The average Bonchev–Trinajstić information content (AvgIpc) is 2.42. The Bertz CT molecular complexity index is 703. The maximum absolute atomic E-state index is 11.3. The third-order valence-corrected chi connectivity index (χ3v) is 2.99. The van der Waals surface area contributed by atoms with Gasteiger partial charge in [-0.15, -0.1) is 0 Å². The molecule has 7 nitrogen and oxygen atoms in total. The van der Waals surface area contributed by atoms with Gasteiger partial charge in [0, 0.05) is 19.9 Å². The van der Waals surface area contributed by atoms with Gasteiger partial charge in [0.05, 0.1) is 17.1 Å². The van der Waals surface area contributed by atoms with Gasteiger partial charge in [0.1, 0.15) is 0 Å². The number of ether oxygens (including phenoxy) is 2. The predicted octanol–water partition coefficient (Wildman–Crippen LogP) is 0.636. The molecule has 1 atom stereocenters. The van der Waals surface area contributed by atoms with E-state index in [4.69, 9.17) is 9.47 Å². The highest BCUT2D eigenvalue weighted by Crippen LogP contribution is 2.16. The first kappa shape index (κ1) is 14.3. The molecule has 0 bridgehead atoms. The van der Waals surface area contributed by atoms with Gasteiger partial charge in [-0.1, -0.05) is 0 Å². The zero-order valence-electron chi connectivity index (χ0n) is 11.5. The molecule has 2 aromatic rings. The Hall–Kier alpha value is -2.12. The smallest absolute Gasteiger partial charge is 0.314 e. The second-order valence-electron chi connectivity index (χ2n) is 4.44. The minimum absolute atomic E-state index is 0.0862. The van der Waals surface area contributed by atoms with Crippen LogP contribution in [0.5, 0.6) is 0 Å². The quantitative estimate of drug-likeness (QED) is 0.551. The summed E-state index contributed by atoms with van der Waals surface area (Å²) in [7, 11) is 3.13. The normalized spacial score (nSPS) is 12.8. The minimum atomic E-state index is -0.672. The van der Waals surface area contributed by atoms with Gasteiger partial charge in [-0.2, -0.15) is 0 Å². The first-order chi connectivity index (χ1) is 9.55. The van der Waals surface area contributed by atoms with E-state index in [0.29, 0.717) is 11.0 Å². The van der Waals surface area contributed by atoms with Crippen LogP contribution in [0, 0.1) is 0 Å². The lowest BCUT2D eigenvalue weighted by atomic mass is 10.2. The lowest BCUT2D eigenvalue weighted by Crippen LogP contribution is -2.33. The molecule has 0 spiro atoms. The van der Waals surface area contributed by atoms with Gasteiger partial charge < -0.3 is 24.8 Å². The van der Waals surface area contributed by atoms with Gasteiger partial charge in [-0.25, -0.2) is 0 Å². The zero-order chi connectivity index (χ0) is 14.7. The molecule has 1 heterocycles. The summed E-state index contributed by atoms with van der Waals surface area (Å²) in [5.74, 6) is 0. The standard InChI is InChI=1S/C13H17N3O4/c1-7(13(19-2)20-3)14-8-4-5-9-10(6-8)16-12(18)11(17)15-9/h4-7,13-14H,1-3H3,(H,15,17)(H,16,18). The number of benzene rings is 1. The van der Waals surface area contributed by atoms with Gasteiger partial charge in [0.15, 0.2) is 6.29 Å². The fraction of sp³-hybridized carbons (Fsp3) is 0.385. The zero-order valence-corrected chi connectivity index (χ0v) is 11.5. The molecular weight excluding hydrogens is 262 g/mol. The molecule has 2 rings (SSSR count). The van der Waals surface area contributed by atoms with E-state index >= 15 is 0 Å². The monoisotopic (exact) mass is 279 g/mol. The van der Waals surface area contributed by atoms with Crippen molar-refractivity contribution >= 4 is 16.7 Å². The molecule has 20 heavy (non-hydrogen) atoms. The molecule has 0 aliphatic rings. The Labute approximate surface area is 114 Å². The maximum Gasteiger partial charge on any atom is 0.314 e. The summed E-state index contributed by atoms with van der Waals surface area (Å²) in [5, 5.41) is 3.21. The number of H-pyrrole nitrogens is 2. The molecule has 7 heteroatoms. The molecule has 0 fully saturated rings. The Kier molecular flexibility index (Phi) is 4.21. The van der Waals surface area contributed by atoms with Crippen molar-refractivity contribution in [1.29, 1.82) is 0 Å². The number of rotatable bonds is 5. The SMILES string of the molecule is COC(OC)C(C)Nc1ccc2[nH]c(=O)c(=O)[nH]c2c1. The van der Waals surface area contributed by atoms with Crippen LogP contribution in [0.3, 0.4) is 0 Å². The second-order valence-corrected chi connectivity index (χ2v) is 4.44. The van der Waals surface area contributed by atoms with Crippen LogP contribution in [-0.4, -0.2) is 36.5 Å². The Morgan fingerprint density at radius 2 is 1.65 bits per heavy atom. The van der Waals surface area contributed by atoms with E-state index < -0.39 is 11.1 Å². The van der Waals surface area contributed by atoms with E-state index in [1.807, 2.05) is 6.92 Å². The van der Waals surface area contributed by atoms with E-state index in [2.05, 4.69) is 15.3 Å². The van der Waals surface area contributed by atoms with Crippen molar-refractivity contribution in [2.24, 2.45) is 0 Å². The topological polar surface area (TPSA) is 96.2 Å². The van der Waals surface area contributed by atoms with Gasteiger partial charge in [0.2, 0.25) is 0 Å². The number of hydrogen-bond donors (Lipinski definition) is 3. The van der Waals surface area contributed by atoms with Crippen molar-refractivity contribution in [3.05, 3.63) is 38.9 Å².